The molecule has 0 aliphatic carbocycles. The summed E-state index contributed by atoms with van der Waals surface area (Å²) in [7, 11) is 0. The summed E-state index contributed by atoms with van der Waals surface area (Å²) >= 11 is 3.86. The van der Waals surface area contributed by atoms with Crippen molar-refractivity contribution in [3.8, 4) is 11.5 Å². The number of benzene rings is 1. The molecule has 0 aromatic heterocycles. The van der Waals surface area contributed by atoms with Gasteiger partial charge in [0.25, 0.3) is 0 Å². The maximum Gasteiger partial charge on any atom is 0.136 e. The predicted octanol–water partition coefficient (Wildman–Crippen LogP) is 2.36. The lowest BCUT2D eigenvalue weighted by Gasteiger charge is -2.11. The van der Waals surface area contributed by atoms with E-state index in [-0.39, 0.29) is 11.5 Å². The van der Waals surface area contributed by atoms with Crippen LogP contribution in [0.1, 0.15) is 18.6 Å². The number of aromatic hydroxyl groups is 2. The lowest BCUT2D eigenvalue weighted by molar-refractivity contribution is 0.194. The minimum Gasteiger partial charge on any atom is -0.507 e. The number of aliphatic hydroxyl groups excluding tert-OH is 1. The molecule has 0 aliphatic rings. The molecule has 0 fully saturated rings. The summed E-state index contributed by atoms with van der Waals surface area (Å²) in [5, 5.41) is 28.3. The van der Waals surface area contributed by atoms with Crippen molar-refractivity contribution in [2.75, 3.05) is 0 Å². The van der Waals surface area contributed by atoms with Crippen molar-refractivity contribution < 1.29 is 15.3 Å². The summed E-state index contributed by atoms with van der Waals surface area (Å²) in [5.41, 5.74) is 0.349. The van der Waals surface area contributed by atoms with Gasteiger partial charge in [0.1, 0.15) is 11.5 Å². The van der Waals surface area contributed by atoms with Crippen molar-refractivity contribution in [1.29, 1.82) is 0 Å². The normalized spacial score (nSPS) is 12.9. The second-order valence-corrected chi connectivity index (χ2v) is 4.79. The molecule has 3 nitrogen and oxygen atoms in total. The summed E-state index contributed by atoms with van der Waals surface area (Å²) in [6.07, 6.45) is -0.781. The molecule has 0 radical (unpaired) electrons. The van der Waals surface area contributed by atoms with Gasteiger partial charge in [-0.3, -0.25) is 0 Å². The molecular weight excluding hydrogens is 398 g/mol. The monoisotopic (exact) mass is 406 g/mol. The number of hydrogen-bond acceptors (Lipinski definition) is 3. The number of aliphatic hydroxyl groups is 1. The first-order valence-corrected chi connectivity index (χ1v) is 5.68. The average Bonchev–Trinajstić information content (AvgIpc) is 2.07. The Morgan fingerprint density at radius 2 is 1.77 bits per heavy atom. The first-order valence-electron chi connectivity index (χ1n) is 3.53. The van der Waals surface area contributed by atoms with Crippen LogP contribution in [-0.2, 0) is 0 Å². The van der Waals surface area contributed by atoms with Crippen molar-refractivity contribution in [2.24, 2.45) is 0 Å². The fourth-order valence-electron chi connectivity index (χ4n) is 0.941. The van der Waals surface area contributed by atoms with Crippen LogP contribution in [0, 0.1) is 7.14 Å². The number of phenols is 2. The average molecular weight is 406 g/mol. The van der Waals surface area contributed by atoms with Crippen molar-refractivity contribution in [3.63, 3.8) is 0 Å². The third-order valence-corrected chi connectivity index (χ3v) is 4.82. The molecular formula is C8H8I2O3. The van der Waals surface area contributed by atoms with Gasteiger partial charge >= 0.3 is 0 Å². The van der Waals surface area contributed by atoms with Crippen LogP contribution in [-0.4, -0.2) is 15.3 Å². The Bertz CT molecular complexity index is 337. The molecule has 0 heterocycles. The maximum atomic E-state index is 9.59. The van der Waals surface area contributed by atoms with Crippen LogP contribution in [0.4, 0.5) is 0 Å². The minimum atomic E-state index is -0.781. The number of rotatable bonds is 1. The Kier molecular flexibility index (Phi) is 3.64. The lowest BCUT2D eigenvalue weighted by Crippen LogP contribution is -1.95. The number of hydrogen-bond donors (Lipinski definition) is 3. The van der Waals surface area contributed by atoms with E-state index in [2.05, 4.69) is 0 Å². The van der Waals surface area contributed by atoms with Gasteiger partial charge in [-0.2, -0.15) is 0 Å². The Balaban J connectivity index is 3.41. The van der Waals surface area contributed by atoms with Gasteiger partial charge in [-0.25, -0.2) is 0 Å². The molecule has 0 bridgehead atoms. The molecule has 0 spiro atoms. The highest BCUT2D eigenvalue weighted by Crippen LogP contribution is 2.37. The van der Waals surface area contributed by atoms with Crippen LogP contribution in [0.3, 0.4) is 0 Å². The fraction of sp³-hybridized carbons (Fsp3) is 0.250. The molecule has 0 amide bonds. The Labute approximate surface area is 103 Å². The standard InChI is InChI=1S/C8H8I2O3/c1-3(11)4-2-5(12)6(9)7(10)8(4)13/h2-3,11-13H,1H3. The molecule has 0 aliphatic heterocycles. The second-order valence-electron chi connectivity index (χ2n) is 2.64. The molecule has 1 rings (SSSR count). The topological polar surface area (TPSA) is 60.7 Å². The molecule has 0 saturated carbocycles. The van der Waals surface area contributed by atoms with Crippen LogP contribution in [0.2, 0.25) is 0 Å². The van der Waals surface area contributed by atoms with Gasteiger partial charge in [-0.1, -0.05) is 0 Å². The molecule has 1 atom stereocenters. The lowest BCUT2D eigenvalue weighted by atomic mass is 10.1. The summed E-state index contributed by atoms with van der Waals surface area (Å²) in [6.45, 7) is 1.54. The Hall–Kier alpha value is 0.240. The van der Waals surface area contributed by atoms with Gasteiger partial charge in [0.05, 0.1) is 13.2 Å². The molecule has 3 N–H and O–H groups in total. The van der Waals surface area contributed by atoms with E-state index in [4.69, 9.17) is 0 Å². The summed E-state index contributed by atoms with van der Waals surface area (Å²) in [4.78, 5) is 0. The largest absolute Gasteiger partial charge is 0.507 e. The zero-order valence-electron chi connectivity index (χ0n) is 6.75. The van der Waals surface area contributed by atoms with Gasteiger partial charge in [-0.15, -0.1) is 0 Å². The molecule has 1 aromatic rings. The zero-order chi connectivity index (χ0) is 10.2. The van der Waals surface area contributed by atoms with E-state index in [1.807, 2.05) is 45.2 Å². The van der Waals surface area contributed by atoms with Crippen molar-refractivity contribution in [3.05, 3.63) is 18.8 Å². The zero-order valence-corrected chi connectivity index (χ0v) is 11.1. The van der Waals surface area contributed by atoms with Crippen LogP contribution in [0.25, 0.3) is 0 Å². The minimum absolute atomic E-state index is 0.0396. The molecule has 13 heavy (non-hydrogen) atoms. The van der Waals surface area contributed by atoms with Crippen molar-refractivity contribution in [2.45, 2.75) is 13.0 Å². The smallest absolute Gasteiger partial charge is 0.136 e. The van der Waals surface area contributed by atoms with Gasteiger partial charge in [0.15, 0.2) is 0 Å². The number of phenolic OH excluding ortho intramolecular Hbond substituents is 2. The van der Waals surface area contributed by atoms with Gasteiger partial charge < -0.3 is 15.3 Å². The van der Waals surface area contributed by atoms with E-state index in [1.54, 1.807) is 0 Å². The number of halogens is 2. The highest BCUT2D eigenvalue weighted by molar-refractivity contribution is 14.1. The summed E-state index contributed by atoms with van der Waals surface area (Å²) in [5.74, 6) is 0.122. The Morgan fingerprint density at radius 3 is 2.23 bits per heavy atom. The summed E-state index contributed by atoms with van der Waals surface area (Å²) < 4.78 is 1.16. The van der Waals surface area contributed by atoms with Gasteiger partial charge in [0, 0.05) is 5.56 Å². The van der Waals surface area contributed by atoms with Crippen LogP contribution in [0.15, 0.2) is 6.07 Å². The fourth-order valence-corrected chi connectivity index (χ4v) is 1.94. The maximum absolute atomic E-state index is 9.59. The highest BCUT2D eigenvalue weighted by Gasteiger charge is 2.16. The molecule has 72 valence electrons. The predicted molar refractivity (Wildman–Crippen MR) is 65.8 cm³/mol. The van der Waals surface area contributed by atoms with Crippen molar-refractivity contribution >= 4 is 45.2 Å². The quantitative estimate of drug-likeness (QED) is 0.496. The molecule has 0 saturated heterocycles. The van der Waals surface area contributed by atoms with Gasteiger partial charge in [0.2, 0.25) is 0 Å². The SMILES string of the molecule is CC(O)c1cc(O)c(I)c(I)c1O. The van der Waals surface area contributed by atoms with Crippen LogP contribution in [0.5, 0.6) is 11.5 Å². The Morgan fingerprint density at radius 1 is 1.23 bits per heavy atom. The first kappa shape index (κ1) is 11.3. The molecule has 5 heteroatoms. The molecule has 1 aromatic carbocycles. The van der Waals surface area contributed by atoms with E-state index >= 15 is 0 Å². The highest BCUT2D eigenvalue weighted by atomic mass is 127. The second kappa shape index (κ2) is 4.18. The first-order chi connectivity index (χ1) is 5.95. The van der Waals surface area contributed by atoms with Crippen molar-refractivity contribution in [1.82, 2.24) is 0 Å². The summed E-state index contributed by atoms with van der Waals surface area (Å²) in [6, 6.07) is 1.38. The van der Waals surface area contributed by atoms with Crippen LogP contribution < -0.4 is 0 Å². The van der Waals surface area contributed by atoms with Crippen LogP contribution >= 0.6 is 45.2 Å². The molecule has 1 unspecified atom stereocenters. The van der Waals surface area contributed by atoms with E-state index in [1.165, 1.54) is 13.0 Å². The van der Waals surface area contributed by atoms with E-state index in [9.17, 15) is 15.3 Å². The van der Waals surface area contributed by atoms with E-state index in [0.29, 0.717) is 12.7 Å². The van der Waals surface area contributed by atoms with Gasteiger partial charge in [-0.05, 0) is 58.2 Å². The third-order valence-electron chi connectivity index (χ3n) is 1.64. The third kappa shape index (κ3) is 2.18. The van der Waals surface area contributed by atoms with E-state index in [0.717, 1.165) is 0 Å². The van der Waals surface area contributed by atoms with E-state index < -0.39 is 6.10 Å².